The summed E-state index contributed by atoms with van der Waals surface area (Å²) in [7, 11) is 3.14. The fourth-order valence-electron chi connectivity index (χ4n) is 10.9. The molecule has 4 aliphatic rings. The number of nitrogens with zero attached hydrogens (tertiary/aromatic N) is 7. The summed E-state index contributed by atoms with van der Waals surface area (Å²) in [5, 5.41) is 5.26. The molecule has 20 heteroatoms. The smallest absolute Gasteiger partial charge is 0.406 e. The summed E-state index contributed by atoms with van der Waals surface area (Å²) < 4.78 is 62.5. The summed E-state index contributed by atoms with van der Waals surface area (Å²) in [5.74, 6) is -1.71. The van der Waals surface area contributed by atoms with Gasteiger partial charge in [0.1, 0.15) is 18.6 Å². The van der Waals surface area contributed by atoms with Gasteiger partial charge in [0.05, 0.1) is 42.9 Å². The number of esters is 1. The van der Waals surface area contributed by atoms with Crippen LogP contribution >= 0.6 is 0 Å². The highest BCUT2D eigenvalue weighted by Crippen LogP contribution is 2.43. The van der Waals surface area contributed by atoms with E-state index in [1.54, 1.807) is 53.2 Å². The van der Waals surface area contributed by atoms with Crippen LogP contribution in [0.5, 0.6) is 0 Å². The number of morpholine rings is 1. The monoisotopic (exact) mass is 1020 g/mol. The molecular weight excluding hydrogens is 948 g/mol. The number of hydrogen-bond donors (Lipinski definition) is 2. The highest BCUT2D eigenvalue weighted by atomic mass is 19.4. The van der Waals surface area contributed by atoms with E-state index in [2.05, 4.69) is 27.2 Å². The van der Waals surface area contributed by atoms with Gasteiger partial charge in [-0.2, -0.15) is 13.2 Å². The fraction of sp³-hybridized carbons (Fsp3) is 0.623. The van der Waals surface area contributed by atoms with Crippen molar-refractivity contribution in [1.82, 2.24) is 44.9 Å². The van der Waals surface area contributed by atoms with E-state index in [1.807, 2.05) is 39.8 Å². The second-order valence-electron chi connectivity index (χ2n) is 21.4. The van der Waals surface area contributed by atoms with E-state index in [0.29, 0.717) is 105 Å². The zero-order valence-electron chi connectivity index (χ0n) is 43.7. The Kier molecular flexibility index (Phi) is 17.3. The Balaban J connectivity index is 1.12. The second-order valence-corrected chi connectivity index (χ2v) is 21.4. The Bertz CT molecular complexity index is 2490. The molecule has 6 heterocycles. The van der Waals surface area contributed by atoms with Gasteiger partial charge in [0.15, 0.2) is 0 Å². The van der Waals surface area contributed by atoms with Gasteiger partial charge in [-0.15, -0.1) is 0 Å². The van der Waals surface area contributed by atoms with Crippen LogP contribution in [-0.4, -0.2) is 174 Å². The number of amides is 5. The molecule has 400 valence electrons. The van der Waals surface area contributed by atoms with Crippen LogP contribution < -0.4 is 10.7 Å². The molecular formula is C53H74F3N9O8. The van der Waals surface area contributed by atoms with Crippen LogP contribution in [-0.2, 0) is 46.4 Å². The average molecular weight is 1020 g/mol. The number of hydrazine groups is 1. The minimum atomic E-state index is -4.57. The van der Waals surface area contributed by atoms with Crippen LogP contribution in [0.2, 0.25) is 0 Å². The van der Waals surface area contributed by atoms with Crippen molar-refractivity contribution in [2.45, 2.75) is 116 Å². The van der Waals surface area contributed by atoms with Crippen LogP contribution in [0, 0.1) is 11.3 Å². The number of benzene rings is 1. The number of aromatic nitrogens is 2. The highest BCUT2D eigenvalue weighted by molar-refractivity contribution is 5.94. The van der Waals surface area contributed by atoms with Crippen LogP contribution in [0.25, 0.3) is 22.2 Å². The van der Waals surface area contributed by atoms with Gasteiger partial charge in [0.25, 0.3) is 5.91 Å². The zero-order chi connectivity index (χ0) is 53.0. The van der Waals surface area contributed by atoms with Gasteiger partial charge in [0, 0.05) is 107 Å². The van der Waals surface area contributed by atoms with Crippen molar-refractivity contribution in [2.24, 2.45) is 11.3 Å². The maximum atomic E-state index is 14.6. The predicted molar refractivity (Wildman–Crippen MR) is 269 cm³/mol. The molecule has 73 heavy (non-hydrogen) atoms. The first-order valence-corrected chi connectivity index (χ1v) is 25.5. The standard InChI is InChI=1S/C53H74F3N9O8/c1-10-44(67)63-24-25-73-52(31-63)17-22-62(23-18-52)50(70)60(8)46(34(2)3)48(68)59-42(49(69)65-21-12-11-20-58-65)30-61-28-38(29-61)37-15-16-43-40(26-37)41(27-51(6,7)33-72-36(5)66)47(64(43)32-53(54,55)56)39-14-13-19-57-45(39)35(4)71-9/h10,13-16,19,26,34-35,38,42,46,58H,1,11-12,17-18,20-25,27-33H2,2-9H3,(H,59,68). The number of pyridine rings is 1. The van der Waals surface area contributed by atoms with Crippen LogP contribution in [0.3, 0.4) is 0 Å². The van der Waals surface area contributed by atoms with Crippen LogP contribution in [0.15, 0.2) is 49.2 Å². The number of likely N-dealkylation sites (tertiary alicyclic amines) is 2. The number of ether oxygens (including phenoxy) is 3. The van der Waals surface area contributed by atoms with Crippen molar-refractivity contribution in [1.29, 1.82) is 0 Å². The number of carbonyl (C=O) groups excluding carboxylic acids is 5. The lowest BCUT2D eigenvalue weighted by molar-refractivity contribution is -0.154. The minimum absolute atomic E-state index is 0.0446. The van der Waals surface area contributed by atoms with Gasteiger partial charge in [0.2, 0.25) is 11.8 Å². The van der Waals surface area contributed by atoms with Gasteiger partial charge in [-0.1, -0.05) is 40.3 Å². The van der Waals surface area contributed by atoms with Gasteiger partial charge in [-0.05, 0) is 86.4 Å². The van der Waals surface area contributed by atoms with Gasteiger partial charge in [-0.25, -0.2) is 10.2 Å². The number of hydrogen-bond acceptors (Lipinski definition) is 11. The molecule has 4 aliphatic heterocycles. The van der Waals surface area contributed by atoms with Crippen molar-refractivity contribution in [3.8, 4) is 11.3 Å². The summed E-state index contributed by atoms with van der Waals surface area (Å²) in [6.45, 7) is 17.4. The summed E-state index contributed by atoms with van der Waals surface area (Å²) in [5.41, 5.74) is 5.26. The van der Waals surface area contributed by atoms with Crippen LogP contribution in [0.1, 0.15) is 96.1 Å². The van der Waals surface area contributed by atoms with E-state index in [0.717, 1.165) is 18.4 Å². The van der Waals surface area contributed by atoms with E-state index < -0.39 is 53.8 Å². The molecule has 0 radical (unpaired) electrons. The number of methoxy groups -OCH3 is 1. The molecule has 1 spiro atoms. The van der Waals surface area contributed by atoms with Crippen molar-refractivity contribution in [2.75, 3.05) is 86.3 Å². The van der Waals surface area contributed by atoms with E-state index in [4.69, 9.17) is 14.2 Å². The van der Waals surface area contributed by atoms with E-state index in [1.165, 1.54) is 29.6 Å². The second kappa shape index (κ2) is 22.9. The molecule has 0 aliphatic carbocycles. The Labute approximate surface area is 426 Å². The third kappa shape index (κ3) is 12.9. The topological polar surface area (TPSA) is 171 Å². The molecule has 5 amide bonds. The van der Waals surface area contributed by atoms with E-state index in [-0.39, 0.29) is 49.3 Å². The number of fused-ring (bicyclic) bond motifs is 1. The molecule has 4 saturated heterocycles. The first-order chi connectivity index (χ1) is 34.5. The third-order valence-electron chi connectivity index (χ3n) is 14.8. The number of nitrogens with one attached hydrogen (secondary N) is 2. The van der Waals surface area contributed by atoms with Gasteiger partial charge < -0.3 is 38.8 Å². The number of urea groups is 1. The number of likely N-dealkylation sites (N-methyl/N-ethyl adjacent to an activating group) is 1. The first-order valence-electron chi connectivity index (χ1n) is 25.5. The van der Waals surface area contributed by atoms with Crippen LogP contribution in [0.4, 0.5) is 18.0 Å². The number of alkyl halides is 3. The SMILES string of the molecule is C=CC(=O)N1CCOC2(CCN(C(=O)N(C)C(C(=O)NC(CN3CC(c4ccc5c(c4)c(CC(C)(C)COC(C)=O)c(-c4cccnc4C(C)OC)n5CC(F)(F)F)C3)C(=O)N3CCCCN3)C(C)C)CC2)C1. The van der Waals surface area contributed by atoms with Crippen molar-refractivity contribution < 1.29 is 51.4 Å². The molecule has 3 atom stereocenters. The molecule has 0 saturated carbocycles. The summed E-state index contributed by atoms with van der Waals surface area (Å²) in [6.07, 6.45) is 0.813. The molecule has 17 nitrogen and oxygen atoms in total. The number of rotatable bonds is 17. The molecule has 7 rings (SSSR count). The Morgan fingerprint density at radius 3 is 2.40 bits per heavy atom. The molecule has 0 bridgehead atoms. The number of carbonyl (C=O) groups is 5. The molecule has 3 aromatic rings. The van der Waals surface area contributed by atoms with Crippen molar-refractivity contribution in [3.63, 3.8) is 0 Å². The summed E-state index contributed by atoms with van der Waals surface area (Å²) >= 11 is 0. The lowest BCUT2D eigenvalue weighted by Gasteiger charge is -2.47. The Hall–Kier alpha value is -5.57. The van der Waals surface area contributed by atoms with Crippen molar-refractivity contribution >= 4 is 40.6 Å². The molecule has 2 aromatic heterocycles. The molecule has 3 unspecified atom stereocenters. The number of halogens is 3. The maximum Gasteiger partial charge on any atom is 0.406 e. The largest absolute Gasteiger partial charge is 0.465 e. The van der Waals surface area contributed by atoms with E-state index >= 15 is 0 Å². The average Bonchev–Trinajstić information content (AvgIpc) is 3.62. The summed E-state index contributed by atoms with van der Waals surface area (Å²) in [6, 6.07) is 6.85. The lowest BCUT2D eigenvalue weighted by atomic mass is 9.83. The first kappa shape index (κ1) is 55.2. The zero-order valence-corrected chi connectivity index (χ0v) is 43.7. The number of piperidine rings is 1. The lowest BCUT2D eigenvalue weighted by Crippen LogP contribution is -2.64. The highest BCUT2D eigenvalue weighted by Gasteiger charge is 2.44. The normalized spacial score (nSPS) is 19.1. The molecule has 1 aromatic carbocycles. The predicted octanol–water partition coefficient (Wildman–Crippen LogP) is 6.07. The fourth-order valence-corrected chi connectivity index (χ4v) is 10.9. The molecule has 2 N–H and O–H groups in total. The van der Waals surface area contributed by atoms with E-state index in [9.17, 15) is 37.1 Å². The third-order valence-corrected chi connectivity index (χ3v) is 14.8. The molecule has 4 fully saturated rings. The van der Waals surface area contributed by atoms with Gasteiger partial charge in [-0.3, -0.25) is 34.1 Å². The Morgan fingerprint density at radius 1 is 1.04 bits per heavy atom. The summed E-state index contributed by atoms with van der Waals surface area (Å²) in [4.78, 5) is 78.9. The van der Waals surface area contributed by atoms with Gasteiger partial charge >= 0.3 is 18.2 Å². The maximum absolute atomic E-state index is 14.6. The quantitative estimate of drug-likeness (QED) is 0.119. The minimum Gasteiger partial charge on any atom is -0.465 e. The Morgan fingerprint density at radius 2 is 1.77 bits per heavy atom. The van der Waals surface area contributed by atoms with Crippen molar-refractivity contribution in [3.05, 3.63) is 66.0 Å².